The van der Waals surface area contributed by atoms with Crippen LogP contribution in [0.15, 0.2) is 65.5 Å². The highest BCUT2D eigenvalue weighted by Gasteiger charge is 2.06. The monoisotopic (exact) mass is 413 g/mol. The maximum Gasteiger partial charge on any atom is 0.323 e. The molecule has 0 aliphatic heterocycles. The number of hydrogen-bond acceptors (Lipinski definition) is 3. The number of para-hydroxylation sites is 1. The molecule has 142 valence electrons. The van der Waals surface area contributed by atoms with Gasteiger partial charge in [0, 0.05) is 17.8 Å². The van der Waals surface area contributed by atoms with E-state index in [1.165, 1.54) is 0 Å². The van der Waals surface area contributed by atoms with Crippen LogP contribution in [0.3, 0.4) is 0 Å². The summed E-state index contributed by atoms with van der Waals surface area (Å²) in [5, 5.41) is 4.40. The summed E-state index contributed by atoms with van der Waals surface area (Å²) >= 11 is 12.0. The first-order valence-corrected chi connectivity index (χ1v) is 9.44. The first-order valence-electron chi connectivity index (χ1n) is 8.69. The molecule has 0 saturated heterocycles. The summed E-state index contributed by atoms with van der Waals surface area (Å²) in [6.07, 6.45) is 0. The second-order valence-electron chi connectivity index (χ2n) is 6.34. The van der Waals surface area contributed by atoms with E-state index in [0.29, 0.717) is 23.2 Å². The lowest BCUT2D eigenvalue weighted by molar-refractivity contribution is 0.303. The Kier molecular flexibility index (Phi) is 5.28. The molecule has 5 nitrogen and oxygen atoms in total. The Morgan fingerprint density at radius 1 is 0.893 bits per heavy atom. The van der Waals surface area contributed by atoms with Crippen LogP contribution in [0, 0.1) is 0 Å². The smallest absolute Gasteiger partial charge is 0.323 e. The summed E-state index contributed by atoms with van der Waals surface area (Å²) in [5.74, 6) is 0.789. The van der Waals surface area contributed by atoms with Gasteiger partial charge < -0.3 is 20.0 Å². The Labute approximate surface area is 171 Å². The third-order valence-corrected chi connectivity index (χ3v) is 5.09. The highest BCUT2D eigenvalue weighted by molar-refractivity contribution is 6.42. The zero-order valence-corrected chi connectivity index (χ0v) is 16.3. The summed E-state index contributed by atoms with van der Waals surface area (Å²) in [6.45, 7) is 0.974. The van der Waals surface area contributed by atoms with E-state index in [2.05, 4.69) is 15.3 Å². The topological polar surface area (TPSA) is 69.9 Å². The average Bonchev–Trinajstić information content (AvgIpc) is 3.07. The van der Waals surface area contributed by atoms with Crippen LogP contribution in [0.4, 0.5) is 5.69 Å². The van der Waals surface area contributed by atoms with Gasteiger partial charge in [0.05, 0.1) is 21.1 Å². The number of halogens is 2. The van der Waals surface area contributed by atoms with Crippen LogP contribution in [0.25, 0.3) is 11.0 Å². The van der Waals surface area contributed by atoms with Crippen LogP contribution in [-0.4, -0.2) is 9.97 Å². The van der Waals surface area contributed by atoms with E-state index in [4.69, 9.17) is 27.9 Å². The molecule has 0 radical (unpaired) electrons. The van der Waals surface area contributed by atoms with Gasteiger partial charge in [-0.3, -0.25) is 0 Å². The van der Waals surface area contributed by atoms with E-state index in [-0.39, 0.29) is 5.69 Å². The fraction of sp³-hybridized carbons (Fsp3) is 0.0952. The Morgan fingerprint density at radius 3 is 2.57 bits per heavy atom. The van der Waals surface area contributed by atoms with Crippen molar-refractivity contribution < 1.29 is 4.74 Å². The van der Waals surface area contributed by atoms with E-state index in [0.717, 1.165) is 33.6 Å². The third-order valence-electron chi connectivity index (χ3n) is 4.35. The number of anilines is 1. The van der Waals surface area contributed by atoms with Gasteiger partial charge in [0.15, 0.2) is 0 Å². The zero-order chi connectivity index (χ0) is 19.5. The molecule has 0 fully saturated rings. The number of imidazole rings is 1. The molecule has 0 aliphatic carbocycles. The highest BCUT2D eigenvalue weighted by atomic mass is 35.5. The molecule has 3 aromatic carbocycles. The summed E-state index contributed by atoms with van der Waals surface area (Å²) in [7, 11) is 0. The molecule has 0 aliphatic rings. The second-order valence-corrected chi connectivity index (χ2v) is 7.15. The molecule has 7 heteroatoms. The quantitative estimate of drug-likeness (QED) is 0.398. The van der Waals surface area contributed by atoms with E-state index in [1.807, 2.05) is 48.5 Å². The lowest BCUT2D eigenvalue weighted by Gasteiger charge is -2.13. The minimum Gasteiger partial charge on any atom is -0.489 e. The van der Waals surface area contributed by atoms with Crippen molar-refractivity contribution in [3.05, 3.63) is 92.3 Å². The molecule has 28 heavy (non-hydrogen) atoms. The summed E-state index contributed by atoms with van der Waals surface area (Å²) < 4.78 is 5.99. The van der Waals surface area contributed by atoms with Gasteiger partial charge in [-0.05, 0) is 42.0 Å². The van der Waals surface area contributed by atoms with Crippen LogP contribution in [0.1, 0.15) is 11.1 Å². The first-order chi connectivity index (χ1) is 13.6. The largest absolute Gasteiger partial charge is 0.489 e. The van der Waals surface area contributed by atoms with Crippen molar-refractivity contribution in [2.45, 2.75) is 13.2 Å². The molecular formula is C21H17Cl2N3O2. The molecule has 0 atom stereocenters. The van der Waals surface area contributed by atoms with Crippen molar-refractivity contribution in [2.75, 3.05) is 5.32 Å². The van der Waals surface area contributed by atoms with Gasteiger partial charge in [-0.25, -0.2) is 4.79 Å². The number of nitrogens with one attached hydrogen (secondary N) is 3. The molecule has 1 aromatic heterocycles. The van der Waals surface area contributed by atoms with Gasteiger partial charge in [-0.1, -0.05) is 47.5 Å². The van der Waals surface area contributed by atoms with E-state index in [1.54, 1.807) is 12.1 Å². The van der Waals surface area contributed by atoms with Gasteiger partial charge in [0.2, 0.25) is 0 Å². The van der Waals surface area contributed by atoms with Crippen LogP contribution in [-0.2, 0) is 13.2 Å². The van der Waals surface area contributed by atoms with Crippen LogP contribution in [0.2, 0.25) is 10.0 Å². The highest BCUT2D eigenvalue weighted by Crippen LogP contribution is 2.25. The molecular weight excluding hydrogens is 397 g/mol. The average molecular weight is 414 g/mol. The minimum absolute atomic E-state index is 0.215. The number of fused-ring (bicyclic) bond motifs is 1. The zero-order valence-electron chi connectivity index (χ0n) is 14.8. The standard InChI is InChI=1S/C21H17Cl2N3O2/c22-16-7-5-13(9-17(16)23)12-28-20-4-2-1-3-14(20)11-24-15-6-8-18-19(10-15)26-21(27)25-18/h1-10,24H,11-12H2,(H2,25,26,27). The molecule has 0 saturated carbocycles. The summed E-state index contributed by atoms with van der Waals surface area (Å²) in [4.78, 5) is 16.9. The maximum absolute atomic E-state index is 11.4. The van der Waals surface area contributed by atoms with Gasteiger partial charge in [0.25, 0.3) is 0 Å². The van der Waals surface area contributed by atoms with E-state index in [9.17, 15) is 4.79 Å². The molecule has 0 unspecified atom stereocenters. The fourth-order valence-electron chi connectivity index (χ4n) is 2.92. The van der Waals surface area contributed by atoms with Crippen molar-refractivity contribution in [2.24, 2.45) is 0 Å². The predicted molar refractivity (Wildman–Crippen MR) is 113 cm³/mol. The Morgan fingerprint density at radius 2 is 1.71 bits per heavy atom. The lowest BCUT2D eigenvalue weighted by Crippen LogP contribution is -2.03. The Balaban J connectivity index is 1.45. The molecule has 3 N–H and O–H groups in total. The lowest BCUT2D eigenvalue weighted by atomic mass is 10.2. The fourth-order valence-corrected chi connectivity index (χ4v) is 3.24. The molecule has 1 heterocycles. The number of H-pyrrole nitrogens is 2. The number of ether oxygens (including phenoxy) is 1. The van der Waals surface area contributed by atoms with Crippen molar-refractivity contribution in [1.82, 2.24) is 9.97 Å². The Bertz CT molecular complexity index is 1180. The molecule has 4 aromatic rings. The van der Waals surface area contributed by atoms with Crippen LogP contribution < -0.4 is 15.7 Å². The van der Waals surface area contributed by atoms with Crippen molar-refractivity contribution in [3.8, 4) is 5.75 Å². The molecule has 0 bridgehead atoms. The number of benzene rings is 3. The molecule has 4 rings (SSSR count). The minimum atomic E-state index is -0.215. The van der Waals surface area contributed by atoms with Crippen molar-refractivity contribution in [3.63, 3.8) is 0 Å². The number of rotatable bonds is 6. The summed E-state index contributed by atoms with van der Waals surface area (Å²) in [5.41, 5.74) is 4.19. The summed E-state index contributed by atoms with van der Waals surface area (Å²) in [6, 6.07) is 19.0. The third kappa shape index (κ3) is 4.16. The second kappa shape index (κ2) is 8.00. The van der Waals surface area contributed by atoms with Crippen molar-refractivity contribution in [1.29, 1.82) is 0 Å². The van der Waals surface area contributed by atoms with Crippen LogP contribution in [0.5, 0.6) is 5.75 Å². The first kappa shape index (κ1) is 18.5. The molecule has 0 spiro atoms. The molecule has 0 amide bonds. The normalized spacial score (nSPS) is 10.9. The number of aromatic amines is 2. The van der Waals surface area contributed by atoms with E-state index >= 15 is 0 Å². The van der Waals surface area contributed by atoms with E-state index < -0.39 is 0 Å². The van der Waals surface area contributed by atoms with Crippen molar-refractivity contribution >= 4 is 39.9 Å². The number of hydrogen-bond donors (Lipinski definition) is 3. The Hall–Kier alpha value is -2.89. The van der Waals surface area contributed by atoms with Gasteiger partial charge in [0.1, 0.15) is 12.4 Å². The SMILES string of the molecule is O=c1[nH]c2ccc(NCc3ccccc3OCc3ccc(Cl)c(Cl)c3)cc2[nH]1. The van der Waals surface area contributed by atoms with Gasteiger partial charge in [-0.2, -0.15) is 0 Å². The number of aromatic nitrogens is 2. The maximum atomic E-state index is 11.4. The van der Waals surface area contributed by atoms with Crippen LogP contribution >= 0.6 is 23.2 Å². The predicted octanol–water partition coefficient (Wildman–Crippen LogP) is 5.35. The van der Waals surface area contributed by atoms with Gasteiger partial charge in [-0.15, -0.1) is 0 Å². The van der Waals surface area contributed by atoms with Gasteiger partial charge >= 0.3 is 5.69 Å².